The fraction of sp³-hybridized carbons (Fsp3) is 0. The summed E-state index contributed by atoms with van der Waals surface area (Å²) >= 11 is 3.12. The summed E-state index contributed by atoms with van der Waals surface area (Å²) < 4.78 is 0.425. The van der Waals surface area contributed by atoms with Crippen LogP contribution in [0.1, 0.15) is 0 Å². The van der Waals surface area contributed by atoms with Gasteiger partial charge in [-0.25, -0.2) is 9.97 Å². The van der Waals surface area contributed by atoms with Crippen molar-refractivity contribution in [3.8, 4) is 5.75 Å². The molecule has 2 aromatic rings. The first-order chi connectivity index (χ1) is 5.77. The van der Waals surface area contributed by atoms with Gasteiger partial charge < -0.3 is 5.11 Å². The van der Waals surface area contributed by atoms with Crippen LogP contribution in [0.3, 0.4) is 0 Å². The molecule has 0 aliphatic heterocycles. The van der Waals surface area contributed by atoms with Crippen LogP contribution < -0.4 is 0 Å². The van der Waals surface area contributed by atoms with Crippen molar-refractivity contribution in [1.29, 1.82) is 0 Å². The maximum atomic E-state index is 9.28. The Bertz CT molecular complexity index is 390. The number of aromatic hydroxyl groups is 1. The highest BCUT2D eigenvalue weighted by atomic mass is 79.9. The van der Waals surface area contributed by atoms with Gasteiger partial charge in [0.25, 0.3) is 0 Å². The van der Waals surface area contributed by atoms with Gasteiger partial charge in [0.15, 0.2) is 5.65 Å². The third kappa shape index (κ3) is 1.14. The minimum atomic E-state index is 0.135. The van der Waals surface area contributed by atoms with Gasteiger partial charge in [0.2, 0.25) is 0 Å². The quantitative estimate of drug-likeness (QED) is 0.698. The summed E-state index contributed by atoms with van der Waals surface area (Å²) in [6.07, 6.45) is 1.67. The van der Waals surface area contributed by atoms with Crippen LogP contribution in [0.4, 0.5) is 0 Å². The largest absolute Gasteiger partial charge is 0.505 e. The minimum Gasteiger partial charge on any atom is -0.505 e. The number of fused-ring (bicyclic) bond motifs is 1. The zero-order chi connectivity index (χ0) is 8.55. The molecule has 0 saturated carbocycles. The SMILES string of the molecule is Oc1cc2cccnc2nc1Br. The Morgan fingerprint density at radius 3 is 3.08 bits per heavy atom. The molecule has 1 N–H and O–H groups in total. The Morgan fingerprint density at radius 2 is 2.25 bits per heavy atom. The van der Waals surface area contributed by atoms with E-state index in [1.165, 1.54) is 0 Å². The highest BCUT2D eigenvalue weighted by molar-refractivity contribution is 9.10. The summed E-state index contributed by atoms with van der Waals surface area (Å²) in [6.45, 7) is 0. The number of pyridine rings is 2. The summed E-state index contributed by atoms with van der Waals surface area (Å²) in [4.78, 5) is 8.06. The van der Waals surface area contributed by atoms with E-state index in [1.54, 1.807) is 18.3 Å². The van der Waals surface area contributed by atoms with E-state index in [2.05, 4.69) is 25.9 Å². The molecule has 2 rings (SSSR count). The zero-order valence-electron chi connectivity index (χ0n) is 6.03. The molecule has 60 valence electrons. The van der Waals surface area contributed by atoms with Gasteiger partial charge in [0, 0.05) is 11.6 Å². The molecule has 12 heavy (non-hydrogen) atoms. The molecule has 0 bridgehead atoms. The maximum absolute atomic E-state index is 9.28. The Morgan fingerprint density at radius 1 is 1.42 bits per heavy atom. The van der Waals surface area contributed by atoms with Gasteiger partial charge in [-0.1, -0.05) is 0 Å². The van der Waals surface area contributed by atoms with Crippen molar-refractivity contribution < 1.29 is 5.11 Å². The topological polar surface area (TPSA) is 46.0 Å². The van der Waals surface area contributed by atoms with Crippen LogP contribution in [0.15, 0.2) is 29.0 Å². The van der Waals surface area contributed by atoms with E-state index in [9.17, 15) is 5.11 Å². The van der Waals surface area contributed by atoms with E-state index in [4.69, 9.17) is 0 Å². The fourth-order valence-corrected chi connectivity index (χ4v) is 1.26. The second kappa shape index (κ2) is 2.71. The van der Waals surface area contributed by atoms with Crippen molar-refractivity contribution in [2.24, 2.45) is 0 Å². The molecule has 0 unspecified atom stereocenters. The third-order valence-electron chi connectivity index (χ3n) is 1.52. The van der Waals surface area contributed by atoms with E-state index >= 15 is 0 Å². The summed E-state index contributed by atoms with van der Waals surface area (Å²) in [7, 11) is 0. The lowest BCUT2D eigenvalue weighted by Gasteiger charge is -1.98. The highest BCUT2D eigenvalue weighted by Gasteiger charge is 2.01. The number of aromatic nitrogens is 2. The lowest BCUT2D eigenvalue weighted by Crippen LogP contribution is -1.83. The maximum Gasteiger partial charge on any atom is 0.160 e. The second-order valence-corrected chi connectivity index (χ2v) is 3.10. The lowest BCUT2D eigenvalue weighted by atomic mass is 10.3. The molecule has 0 radical (unpaired) electrons. The first kappa shape index (κ1) is 7.49. The molecular weight excluding hydrogens is 220 g/mol. The van der Waals surface area contributed by atoms with Gasteiger partial charge in [-0.05, 0) is 34.1 Å². The molecule has 2 aromatic heterocycles. The Kier molecular flexibility index (Phi) is 1.69. The Hall–Kier alpha value is -1.16. The van der Waals surface area contributed by atoms with Crippen molar-refractivity contribution in [1.82, 2.24) is 9.97 Å². The van der Waals surface area contributed by atoms with E-state index in [-0.39, 0.29) is 5.75 Å². The molecule has 0 aliphatic carbocycles. The van der Waals surface area contributed by atoms with Gasteiger partial charge in [0.05, 0.1) is 0 Å². The van der Waals surface area contributed by atoms with Crippen LogP contribution >= 0.6 is 15.9 Å². The van der Waals surface area contributed by atoms with Crippen molar-refractivity contribution in [3.05, 3.63) is 29.0 Å². The number of rotatable bonds is 0. The van der Waals surface area contributed by atoms with Gasteiger partial charge in [-0.3, -0.25) is 0 Å². The van der Waals surface area contributed by atoms with Gasteiger partial charge in [0.1, 0.15) is 10.4 Å². The molecule has 0 aromatic carbocycles. The summed E-state index contributed by atoms with van der Waals surface area (Å²) in [5.74, 6) is 0.135. The summed E-state index contributed by atoms with van der Waals surface area (Å²) in [5, 5.41) is 10.1. The smallest absolute Gasteiger partial charge is 0.160 e. The number of nitrogens with zero attached hydrogens (tertiary/aromatic N) is 2. The molecule has 0 amide bonds. The second-order valence-electron chi connectivity index (χ2n) is 2.35. The molecule has 0 atom stereocenters. The van der Waals surface area contributed by atoms with E-state index in [1.807, 2.05) is 6.07 Å². The van der Waals surface area contributed by atoms with E-state index < -0.39 is 0 Å². The molecule has 2 heterocycles. The van der Waals surface area contributed by atoms with Crippen molar-refractivity contribution in [2.75, 3.05) is 0 Å². The predicted octanol–water partition coefficient (Wildman–Crippen LogP) is 2.10. The van der Waals surface area contributed by atoms with E-state index in [0.29, 0.717) is 10.3 Å². The molecule has 0 spiro atoms. The minimum absolute atomic E-state index is 0.135. The first-order valence-electron chi connectivity index (χ1n) is 3.37. The van der Waals surface area contributed by atoms with Gasteiger partial charge in [-0.2, -0.15) is 0 Å². The third-order valence-corrected chi connectivity index (χ3v) is 2.11. The Labute approximate surface area is 77.2 Å². The summed E-state index contributed by atoms with van der Waals surface area (Å²) in [6, 6.07) is 5.28. The number of hydrogen-bond acceptors (Lipinski definition) is 3. The normalized spacial score (nSPS) is 10.4. The average molecular weight is 225 g/mol. The molecule has 4 heteroatoms. The molecule has 3 nitrogen and oxygen atoms in total. The van der Waals surface area contributed by atoms with Crippen LogP contribution in [0.25, 0.3) is 11.0 Å². The average Bonchev–Trinajstić information content (AvgIpc) is 2.07. The number of hydrogen-bond donors (Lipinski definition) is 1. The van der Waals surface area contributed by atoms with Crippen molar-refractivity contribution in [3.63, 3.8) is 0 Å². The Balaban J connectivity index is 2.84. The van der Waals surface area contributed by atoms with Crippen LogP contribution in [0, 0.1) is 0 Å². The first-order valence-corrected chi connectivity index (χ1v) is 4.17. The highest BCUT2D eigenvalue weighted by Crippen LogP contribution is 2.24. The van der Waals surface area contributed by atoms with Crippen molar-refractivity contribution >= 4 is 27.0 Å². The monoisotopic (exact) mass is 224 g/mol. The van der Waals surface area contributed by atoms with Gasteiger partial charge in [-0.15, -0.1) is 0 Å². The molecule has 0 saturated heterocycles. The van der Waals surface area contributed by atoms with Crippen LogP contribution in [0.5, 0.6) is 5.75 Å². The standard InChI is InChI=1S/C8H5BrN2O/c9-7-6(12)4-5-2-1-3-10-8(5)11-7/h1-4,12H. The van der Waals surface area contributed by atoms with Crippen LogP contribution in [-0.4, -0.2) is 15.1 Å². The van der Waals surface area contributed by atoms with Crippen molar-refractivity contribution in [2.45, 2.75) is 0 Å². The molecule has 0 aliphatic rings. The predicted molar refractivity (Wildman–Crippen MR) is 48.9 cm³/mol. The van der Waals surface area contributed by atoms with Crippen LogP contribution in [-0.2, 0) is 0 Å². The van der Waals surface area contributed by atoms with Crippen LogP contribution in [0.2, 0.25) is 0 Å². The molecular formula is C8H5BrN2O. The molecule has 0 fully saturated rings. The number of halogens is 1. The fourth-order valence-electron chi connectivity index (χ4n) is 0.973. The summed E-state index contributed by atoms with van der Waals surface area (Å²) in [5.41, 5.74) is 0.627. The van der Waals surface area contributed by atoms with E-state index in [0.717, 1.165) is 5.39 Å². The zero-order valence-corrected chi connectivity index (χ0v) is 7.62. The lowest BCUT2D eigenvalue weighted by molar-refractivity contribution is 0.470. The van der Waals surface area contributed by atoms with Gasteiger partial charge >= 0.3 is 0 Å².